The molecule has 6 N–H and O–H groups in total. The molecule has 0 rings (SSSR count). The van der Waals surface area contributed by atoms with Gasteiger partial charge in [0.25, 0.3) is 0 Å². The van der Waals surface area contributed by atoms with Crippen LogP contribution in [0.1, 0.15) is 0 Å². The summed E-state index contributed by atoms with van der Waals surface area (Å²) in [5.74, 6) is 0. The smallest absolute Gasteiger partial charge is 0.870 e. The molecule has 0 bridgehead atoms. The Bertz CT molecular complexity index is 17.8. The summed E-state index contributed by atoms with van der Waals surface area (Å²) in [6.07, 6.45) is 0. The summed E-state index contributed by atoms with van der Waals surface area (Å²) in [6.45, 7) is 0.472. The van der Waals surface area contributed by atoms with Gasteiger partial charge in [0.2, 0.25) is 0 Å². The molecule has 0 atom stereocenters. The topological polar surface area (TPSA) is 136 Å². The van der Waals surface area contributed by atoms with Gasteiger partial charge in [-0.3, -0.25) is 0 Å². The number of aliphatic hydroxyl groups excluding tert-OH is 1. The van der Waals surface area contributed by atoms with Crippen molar-refractivity contribution in [1.29, 1.82) is 0 Å². The molecular formula is C3H13NO4Pt. The van der Waals surface area contributed by atoms with Crippen LogP contribution >= 0.6 is 0 Å². The minimum atomic E-state index is 0. The largest absolute Gasteiger partial charge is 4.00 e. The maximum absolute atomic E-state index is 7.75. The summed E-state index contributed by atoms with van der Waals surface area (Å²) < 4.78 is 0. The molecule has 0 aliphatic heterocycles. The molecule has 5 nitrogen and oxygen atoms in total. The van der Waals surface area contributed by atoms with Gasteiger partial charge in [-0.1, -0.05) is 0 Å². The van der Waals surface area contributed by atoms with Crippen molar-refractivity contribution >= 4 is 0 Å². The van der Waals surface area contributed by atoms with E-state index in [1.165, 1.54) is 0 Å². The van der Waals surface area contributed by atoms with Gasteiger partial charge in [-0.05, 0) is 0 Å². The van der Waals surface area contributed by atoms with Crippen LogP contribution in [0.15, 0.2) is 0 Å². The second-order valence-corrected chi connectivity index (χ2v) is 0.512. The van der Waals surface area contributed by atoms with Crippen molar-refractivity contribution in [3.05, 3.63) is 7.43 Å². The minimum absolute atomic E-state index is 0. The summed E-state index contributed by atoms with van der Waals surface area (Å²) in [4.78, 5) is 0. The molecule has 0 aromatic heterocycles. The number of nitrogens with two attached hydrogens (primary N) is 1. The van der Waals surface area contributed by atoms with Gasteiger partial charge in [-0.25, -0.2) is 0 Å². The Hall–Kier alpha value is 0.488. The van der Waals surface area contributed by atoms with E-state index in [9.17, 15) is 0 Å². The monoisotopic (exact) mass is 322 g/mol. The van der Waals surface area contributed by atoms with Gasteiger partial charge in [-0.2, -0.15) is 0 Å². The van der Waals surface area contributed by atoms with Crippen LogP contribution in [-0.4, -0.2) is 34.7 Å². The van der Waals surface area contributed by atoms with E-state index in [1.54, 1.807) is 0 Å². The zero-order chi connectivity index (χ0) is 3.41. The third-order valence-corrected chi connectivity index (χ3v) is 0.129. The average molecular weight is 322 g/mol. The van der Waals surface area contributed by atoms with Crippen molar-refractivity contribution in [1.82, 2.24) is 0 Å². The van der Waals surface area contributed by atoms with Gasteiger partial charge in [0.1, 0.15) is 0 Å². The summed E-state index contributed by atoms with van der Waals surface area (Å²) in [5.41, 5.74) is 4.78. The van der Waals surface area contributed by atoms with Gasteiger partial charge >= 0.3 is 21.1 Å². The molecule has 0 amide bonds. The molecule has 0 saturated carbocycles. The van der Waals surface area contributed by atoms with Crippen molar-refractivity contribution in [3.63, 3.8) is 0 Å². The summed E-state index contributed by atoms with van der Waals surface area (Å²) in [5, 5.41) is 7.75. The Labute approximate surface area is 69.4 Å². The maximum Gasteiger partial charge on any atom is 4.00 e. The quantitative estimate of drug-likeness (QED) is 0.588. The van der Waals surface area contributed by atoms with E-state index in [0.717, 1.165) is 0 Å². The summed E-state index contributed by atoms with van der Waals surface area (Å²) in [7, 11) is 0. The molecule has 0 spiro atoms. The van der Waals surface area contributed by atoms with Crippen molar-refractivity contribution in [2.45, 2.75) is 0 Å². The molecular weight excluding hydrogens is 309 g/mol. The molecule has 0 aliphatic carbocycles. The zero-order valence-electron chi connectivity index (χ0n) is 5.10. The fourth-order valence-electron chi connectivity index (χ4n) is 0. The second kappa shape index (κ2) is 76.9. The molecule has 0 fully saturated rings. The first-order chi connectivity index (χ1) is 1.91. The zero-order valence-corrected chi connectivity index (χ0v) is 7.37. The van der Waals surface area contributed by atoms with Crippen LogP contribution in [0.4, 0.5) is 0 Å². The van der Waals surface area contributed by atoms with Gasteiger partial charge in [0.05, 0.1) is 6.61 Å². The molecule has 64 valence electrons. The predicted octanol–water partition coefficient (Wildman–Crippen LogP) is -1.15. The normalized spacial score (nSPS) is 3.33. The second-order valence-electron chi connectivity index (χ2n) is 0.512. The van der Waals surface area contributed by atoms with Crippen LogP contribution < -0.4 is 5.73 Å². The molecule has 0 aromatic carbocycles. The number of hydrogen-bond acceptors (Lipinski definition) is 5. The third-order valence-electron chi connectivity index (χ3n) is 0.129. The molecule has 0 aromatic rings. The Morgan fingerprint density at radius 3 is 1.22 bits per heavy atom. The van der Waals surface area contributed by atoms with Gasteiger partial charge < -0.3 is 34.7 Å². The van der Waals surface area contributed by atoms with E-state index in [-0.39, 0.29) is 51.5 Å². The van der Waals surface area contributed by atoms with Crippen LogP contribution in [0.2, 0.25) is 0 Å². The Morgan fingerprint density at radius 1 is 1.11 bits per heavy atom. The molecule has 0 aliphatic rings. The first-order valence-electron chi connectivity index (χ1n) is 1.22. The molecule has 0 unspecified atom stereocenters. The van der Waals surface area contributed by atoms with Crippen LogP contribution in [0.3, 0.4) is 0 Å². The number of aliphatic hydroxyl groups is 1. The fraction of sp³-hybridized carbons (Fsp3) is 0.667. The number of rotatable bonds is 1. The molecule has 0 heterocycles. The summed E-state index contributed by atoms with van der Waals surface area (Å²) in [6, 6.07) is 0. The average Bonchev–Trinajstić information content (AvgIpc) is 1.37. The Balaban J connectivity index is -0.00000000450. The van der Waals surface area contributed by atoms with E-state index >= 15 is 0 Å². The van der Waals surface area contributed by atoms with E-state index in [4.69, 9.17) is 10.8 Å². The van der Waals surface area contributed by atoms with Crippen LogP contribution in [0, 0.1) is 7.43 Å². The van der Waals surface area contributed by atoms with Crippen molar-refractivity contribution in [3.8, 4) is 0 Å². The molecule has 6 heteroatoms. The van der Waals surface area contributed by atoms with Gasteiger partial charge in [0, 0.05) is 6.54 Å². The van der Waals surface area contributed by atoms with Gasteiger partial charge in [-0.15, -0.1) is 0 Å². The van der Waals surface area contributed by atoms with Crippen LogP contribution in [0.5, 0.6) is 0 Å². The van der Waals surface area contributed by atoms with E-state index in [0.29, 0.717) is 6.54 Å². The van der Waals surface area contributed by atoms with E-state index < -0.39 is 0 Å². The third kappa shape index (κ3) is 161. The SMILES string of the molecule is NCCO.[CH3-].[OH-].[OH-].[OH-].[Pt+4]. The van der Waals surface area contributed by atoms with Crippen molar-refractivity contribution < 1.29 is 42.6 Å². The summed E-state index contributed by atoms with van der Waals surface area (Å²) >= 11 is 0. The first-order valence-corrected chi connectivity index (χ1v) is 1.22. The Kier molecular flexibility index (Phi) is 480. The maximum atomic E-state index is 7.75. The Morgan fingerprint density at radius 2 is 1.22 bits per heavy atom. The van der Waals surface area contributed by atoms with Crippen LogP contribution in [-0.2, 0) is 21.1 Å². The van der Waals surface area contributed by atoms with E-state index in [1.807, 2.05) is 0 Å². The molecule has 0 radical (unpaired) electrons. The minimum Gasteiger partial charge on any atom is -0.870 e. The van der Waals surface area contributed by atoms with Crippen molar-refractivity contribution in [2.24, 2.45) is 5.73 Å². The van der Waals surface area contributed by atoms with E-state index in [2.05, 4.69) is 0 Å². The predicted molar refractivity (Wildman–Crippen MR) is 28.4 cm³/mol. The van der Waals surface area contributed by atoms with Crippen LogP contribution in [0.25, 0.3) is 0 Å². The first kappa shape index (κ1) is 56.2. The molecule has 0 saturated heterocycles. The van der Waals surface area contributed by atoms with Crippen molar-refractivity contribution in [2.75, 3.05) is 13.2 Å². The standard InChI is InChI=1S/C2H7NO.CH3.3H2O.Pt/c3-1-2-4;;;;;/h4H,1-3H2;1H3;3*1H2;/q;-1;;;;+4/p-3. The molecule has 9 heavy (non-hydrogen) atoms. The number of hydrogen-bond donors (Lipinski definition) is 2. The fourth-order valence-corrected chi connectivity index (χ4v) is 0. The van der Waals surface area contributed by atoms with Gasteiger partial charge in [0.15, 0.2) is 0 Å².